The van der Waals surface area contributed by atoms with E-state index in [1.807, 2.05) is 0 Å². The molecule has 0 aromatic rings. The summed E-state index contributed by atoms with van der Waals surface area (Å²) in [6.45, 7) is 7.65. The van der Waals surface area contributed by atoms with E-state index in [2.05, 4.69) is 13.5 Å². The Balaban J connectivity index is 1.91. The van der Waals surface area contributed by atoms with Crippen LogP contribution in [0.3, 0.4) is 0 Å². The summed E-state index contributed by atoms with van der Waals surface area (Å²) < 4.78 is 5.47. The second-order valence-corrected chi connectivity index (χ2v) is 7.80. The first-order chi connectivity index (χ1) is 11.6. The van der Waals surface area contributed by atoms with Crippen molar-refractivity contribution in [3.8, 4) is 0 Å². The molecular formula is C22H40O2. The molecule has 0 saturated heterocycles. The van der Waals surface area contributed by atoms with E-state index in [1.165, 1.54) is 83.5 Å². The van der Waals surface area contributed by atoms with Gasteiger partial charge in [-0.2, -0.15) is 0 Å². The fraction of sp³-hybridized carbons (Fsp3) is 0.864. The van der Waals surface area contributed by atoms with Crippen molar-refractivity contribution < 1.29 is 9.53 Å². The quantitative estimate of drug-likeness (QED) is 0.206. The highest BCUT2D eigenvalue weighted by molar-refractivity contribution is 5.87. The molecule has 0 bridgehead atoms. The van der Waals surface area contributed by atoms with E-state index in [1.54, 1.807) is 6.92 Å². The first kappa shape index (κ1) is 21.3. The third-order valence-corrected chi connectivity index (χ3v) is 5.38. The van der Waals surface area contributed by atoms with Gasteiger partial charge >= 0.3 is 5.97 Å². The smallest absolute Gasteiger partial charge is 0.333 e. The van der Waals surface area contributed by atoms with Gasteiger partial charge in [-0.05, 0) is 38.5 Å². The lowest BCUT2D eigenvalue weighted by molar-refractivity contribution is -0.146. The van der Waals surface area contributed by atoms with Crippen LogP contribution in [0.5, 0.6) is 0 Å². The molecule has 1 fully saturated rings. The highest BCUT2D eigenvalue weighted by Gasteiger charge is 2.23. The fourth-order valence-electron chi connectivity index (χ4n) is 3.71. The number of carbonyl (C=O) groups is 1. The summed E-state index contributed by atoms with van der Waals surface area (Å²) >= 11 is 0. The number of rotatable bonds is 13. The molecule has 140 valence electrons. The Bertz CT molecular complexity index is 340. The average molecular weight is 337 g/mol. The molecule has 24 heavy (non-hydrogen) atoms. The minimum Gasteiger partial charge on any atom is -0.459 e. The second-order valence-electron chi connectivity index (χ2n) is 7.80. The number of esters is 1. The first-order valence-electron chi connectivity index (χ1n) is 10.5. The number of hydrogen-bond acceptors (Lipinski definition) is 2. The van der Waals surface area contributed by atoms with Gasteiger partial charge in [0, 0.05) is 5.57 Å². The minimum absolute atomic E-state index is 0.137. The normalized spacial score (nSPS) is 20.8. The van der Waals surface area contributed by atoms with Crippen LogP contribution < -0.4 is 0 Å². The van der Waals surface area contributed by atoms with Crippen LogP contribution >= 0.6 is 0 Å². The lowest BCUT2D eigenvalue weighted by Crippen LogP contribution is -2.24. The Hall–Kier alpha value is -0.790. The van der Waals surface area contributed by atoms with Crippen LogP contribution in [0.1, 0.15) is 110 Å². The maximum absolute atomic E-state index is 11.5. The Morgan fingerprint density at radius 2 is 1.38 bits per heavy atom. The average Bonchev–Trinajstić information content (AvgIpc) is 2.58. The lowest BCUT2D eigenvalue weighted by Gasteiger charge is -2.28. The van der Waals surface area contributed by atoms with Crippen LogP contribution in [0.4, 0.5) is 0 Å². The van der Waals surface area contributed by atoms with Crippen molar-refractivity contribution in [1.29, 1.82) is 0 Å². The van der Waals surface area contributed by atoms with Crippen LogP contribution in [0.25, 0.3) is 0 Å². The fourth-order valence-corrected chi connectivity index (χ4v) is 3.71. The van der Waals surface area contributed by atoms with Gasteiger partial charge < -0.3 is 4.74 Å². The van der Waals surface area contributed by atoms with Gasteiger partial charge in [-0.25, -0.2) is 4.79 Å². The summed E-state index contributed by atoms with van der Waals surface area (Å²) in [5, 5.41) is 0. The molecule has 2 heteroatoms. The zero-order valence-corrected chi connectivity index (χ0v) is 16.3. The zero-order valence-electron chi connectivity index (χ0n) is 16.3. The molecule has 0 radical (unpaired) electrons. The molecule has 0 aromatic carbocycles. The van der Waals surface area contributed by atoms with Gasteiger partial charge in [0.15, 0.2) is 0 Å². The van der Waals surface area contributed by atoms with Gasteiger partial charge in [-0.1, -0.05) is 84.1 Å². The molecule has 1 saturated carbocycles. The molecule has 0 N–H and O–H groups in total. The largest absolute Gasteiger partial charge is 0.459 e. The van der Waals surface area contributed by atoms with Crippen molar-refractivity contribution >= 4 is 5.97 Å². The van der Waals surface area contributed by atoms with E-state index in [0.29, 0.717) is 5.57 Å². The molecule has 0 heterocycles. The minimum atomic E-state index is -0.215. The van der Waals surface area contributed by atoms with Crippen LogP contribution in [-0.2, 0) is 9.53 Å². The highest BCUT2D eigenvalue weighted by Crippen LogP contribution is 2.30. The van der Waals surface area contributed by atoms with Crippen molar-refractivity contribution in [3.05, 3.63) is 12.2 Å². The van der Waals surface area contributed by atoms with Crippen LogP contribution in [0.15, 0.2) is 12.2 Å². The van der Waals surface area contributed by atoms with Gasteiger partial charge in [0.05, 0.1) is 0 Å². The molecule has 2 nitrogen and oxygen atoms in total. The summed E-state index contributed by atoms with van der Waals surface area (Å²) in [7, 11) is 0. The molecule has 1 aliphatic rings. The molecule has 0 aliphatic heterocycles. The van der Waals surface area contributed by atoms with Crippen molar-refractivity contribution in [3.63, 3.8) is 0 Å². The highest BCUT2D eigenvalue weighted by atomic mass is 16.5. The maximum atomic E-state index is 11.5. The van der Waals surface area contributed by atoms with Gasteiger partial charge in [0.2, 0.25) is 0 Å². The molecule has 0 unspecified atom stereocenters. The monoisotopic (exact) mass is 336 g/mol. The summed E-state index contributed by atoms with van der Waals surface area (Å²) in [5.74, 6) is 0.645. The summed E-state index contributed by atoms with van der Waals surface area (Å²) in [4.78, 5) is 11.5. The van der Waals surface area contributed by atoms with Gasteiger partial charge in [0.25, 0.3) is 0 Å². The van der Waals surface area contributed by atoms with Crippen molar-refractivity contribution in [2.45, 2.75) is 116 Å². The van der Waals surface area contributed by atoms with Gasteiger partial charge in [0.1, 0.15) is 6.10 Å². The van der Waals surface area contributed by atoms with Gasteiger partial charge in [-0.3, -0.25) is 0 Å². The number of ether oxygens (including phenoxy) is 1. The Morgan fingerprint density at radius 1 is 0.875 bits per heavy atom. The molecule has 1 aliphatic carbocycles. The molecule has 0 spiro atoms. The molecule has 0 aromatic heterocycles. The van der Waals surface area contributed by atoms with E-state index in [0.717, 1.165) is 18.8 Å². The summed E-state index contributed by atoms with van der Waals surface area (Å²) in [6, 6.07) is 0. The number of unbranched alkanes of at least 4 members (excludes halogenated alkanes) is 9. The van der Waals surface area contributed by atoms with Crippen molar-refractivity contribution in [1.82, 2.24) is 0 Å². The molecule has 0 atom stereocenters. The Labute approximate surface area is 150 Å². The predicted molar refractivity (Wildman–Crippen MR) is 103 cm³/mol. The summed E-state index contributed by atoms with van der Waals surface area (Å²) in [6.07, 6.45) is 20.2. The standard InChI is InChI=1S/C22H40O2/c1-4-5-6-7-8-9-10-11-12-13-14-20-15-17-21(18-16-20)24-22(23)19(2)3/h20-21H,2,4-18H2,1,3H3. The Kier molecular flexibility index (Phi) is 12.0. The van der Waals surface area contributed by atoms with Crippen molar-refractivity contribution in [2.75, 3.05) is 0 Å². The third-order valence-electron chi connectivity index (χ3n) is 5.38. The number of hydrogen-bond donors (Lipinski definition) is 0. The SMILES string of the molecule is C=C(C)C(=O)OC1CCC(CCCCCCCCCCCC)CC1. The molecule has 0 amide bonds. The number of carbonyl (C=O) groups excluding carboxylic acids is 1. The summed E-state index contributed by atoms with van der Waals surface area (Å²) in [5.41, 5.74) is 0.516. The lowest BCUT2D eigenvalue weighted by atomic mass is 9.84. The van der Waals surface area contributed by atoms with E-state index in [4.69, 9.17) is 4.74 Å². The Morgan fingerprint density at radius 3 is 1.88 bits per heavy atom. The topological polar surface area (TPSA) is 26.3 Å². The second kappa shape index (κ2) is 13.5. The van der Waals surface area contributed by atoms with Gasteiger partial charge in [-0.15, -0.1) is 0 Å². The van der Waals surface area contributed by atoms with Crippen LogP contribution in [-0.4, -0.2) is 12.1 Å². The maximum Gasteiger partial charge on any atom is 0.333 e. The van der Waals surface area contributed by atoms with Crippen LogP contribution in [0, 0.1) is 5.92 Å². The van der Waals surface area contributed by atoms with E-state index in [9.17, 15) is 4.79 Å². The predicted octanol–water partition coefficient (Wildman–Crippen LogP) is 6.98. The zero-order chi connectivity index (χ0) is 17.6. The molecular weight excluding hydrogens is 296 g/mol. The van der Waals surface area contributed by atoms with Crippen LogP contribution in [0.2, 0.25) is 0 Å². The van der Waals surface area contributed by atoms with E-state index < -0.39 is 0 Å². The van der Waals surface area contributed by atoms with E-state index >= 15 is 0 Å². The van der Waals surface area contributed by atoms with E-state index in [-0.39, 0.29) is 12.1 Å². The molecule has 1 rings (SSSR count). The first-order valence-corrected chi connectivity index (χ1v) is 10.5. The third kappa shape index (κ3) is 10.2. The van der Waals surface area contributed by atoms with Crippen molar-refractivity contribution in [2.24, 2.45) is 5.92 Å².